The molecule has 70 valence electrons. The number of carbonyl (C=O) groups is 1. The molecule has 0 unspecified atom stereocenters. The molecule has 1 rings (SSSR count). The highest BCUT2D eigenvalue weighted by Crippen LogP contribution is 2.12. The zero-order valence-corrected chi connectivity index (χ0v) is 8.13. The Kier molecular flexibility index (Phi) is 3.09. The van der Waals surface area contributed by atoms with Gasteiger partial charge in [-0.1, -0.05) is 0 Å². The van der Waals surface area contributed by atoms with Gasteiger partial charge in [-0.3, -0.25) is 4.79 Å². The van der Waals surface area contributed by atoms with Crippen LogP contribution in [0.3, 0.4) is 0 Å². The molecule has 0 bridgehead atoms. The third kappa shape index (κ3) is 1.97. The van der Waals surface area contributed by atoms with Crippen molar-refractivity contribution in [1.29, 1.82) is 0 Å². The molecule has 1 saturated heterocycles. The fourth-order valence-corrected chi connectivity index (χ4v) is 1.92. The van der Waals surface area contributed by atoms with Gasteiger partial charge in [0.05, 0.1) is 0 Å². The van der Waals surface area contributed by atoms with Crippen LogP contribution in [0, 0.1) is 0 Å². The van der Waals surface area contributed by atoms with Crippen molar-refractivity contribution in [2.45, 2.75) is 39.3 Å². The summed E-state index contributed by atoms with van der Waals surface area (Å²) in [6, 6.07) is 0.745. The molecule has 1 aliphatic heterocycles. The molecule has 1 atom stereocenters. The number of amides is 1. The summed E-state index contributed by atoms with van der Waals surface area (Å²) < 4.78 is 0. The molecule has 1 heterocycles. The Bertz CT molecular complexity index is 162. The zero-order chi connectivity index (χ0) is 9.14. The van der Waals surface area contributed by atoms with Crippen molar-refractivity contribution in [2.75, 3.05) is 13.1 Å². The first-order valence-electron chi connectivity index (χ1n) is 4.62. The Morgan fingerprint density at radius 2 is 2.25 bits per heavy atom. The van der Waals surface area contributed by atoms with E-state index >= 15 is 0 Å². The third-order valence-corrected chi connectivity index (χ3v) is 2.35. The molecule has 0 aromatic heterocycles. The summed E-state index contributed by atoms with van der Waals surface area (Å²) in [5, 5.41) is 3.27. The fraction of sp³-hybridized carbons (Fsp3) is 0.889. The van der Waals surface area contributed by atoms with Gasteiger partial charge in [-0.05, 0) is 26.8 Å². The van der Waals surface area contributed by atoms with Crippen LogP contribution in [-0.4, -0.2) is 36.0 Å². The van der Waals surface area contributed by atoms with Crippen LogP contribution in [0.25, 0.3) is 0 Å². The van der Waals surface area contributed by atoms with Crippen molar-refractivity contribution in [2.24, 2.45) is 0 Å². The zero-order valence-electron chi connectivity index (χ0n) is 8.13. The molecule has 1 amide bonds. The third-order valence-electron chi connectivity index (χ3n) is 2.35. The van der Waals surface area contributed by atoms with Crippen molar-refractivity contribution in [3.05, 3.63) is 0 Å². The lowest BCUT2D eigenvalue weighted by Crippen LogP contribution is -2.44. The van der Waals surface area contributed by atoms with Crippen LogP contribution in [0.5, 0.6) is 0 Å². The standard InChI is InChI=1S/C9H18N2O/c1-7(2)11(8(3)12)9-4-5-10-6-9/h7,9-10H,4-6H2,1-3H3/t9-/m0/s1. The Hall–Kier alpha value is -0.570. The number of hydrogen-bond donors (Lipinski definition) is 1. The summed E-state index contributed by atoms with van der Waals surface area (Å²) in [6.45, 7) is 7.79. The molecular formula is C9H18N2O. The van der Waals surface area contributed by atoms with Gasteiger partial charge in [0.1, 0.15) is 0 Å². The minimum Gasteiger partial charge on any atom is -0.336 e. The Labute approximate surface area is 74.1 Å². The second-order valence-corrected chi connectivity index (χ2v) is 3.67. The van der Waals surface area contributed by atoms with E-state index in [1.165, 1.54) is 0 Å². The van der Waals surface area contributed by atoms with Crippen molar-refractivity contribution >= 4 is 5.91 Å². The summed E-state index contributed by atoms with van der Waals surface area (Å²) in [7, 11) is 0. The first-order chi connectivity index (χ1) is 5.63. The van der Waals surface area contributed by atoms with E-state index in [2.05, 4.69) is 19.2 Å². The number of carbonyl (C=O) groups excluding carboxylic acids is 1. The molecule has 0 spiro atoms. The maximum atomic E-state index is 11.3. The first-order valence-corrected chi connectivity index (χ1v) is 4.62. The normalized spacial score (nSPS) is 23.2. The predicted octanol–water partition coefficient (Wildman–Crippen LogP) is 0.605. The molecule has 3 nitrogen and oxygen atoms in total. The van der Waals surface area contributed by atoms with Gasteiger partial charge in [0, 0.05) is 25.6 Å². The molecule has 1 N–H and O–H groups in total. The van der Waals surface area contributed by atoms with E-state index < -0.39 is 0 Å². The molecule has 0 radical (unpaired) electrons. The molecule has 0 saturated carbocycles. The second-order valence-electron chi connectivity index (χ2n) is 3.67. The summed E-state index contributed by atoms with van der Waals surface area (Å²) in [4.78, 5) is 13.2. The van der Waals surface area contributed by atoms with E-state index in [1.807, 2.05) is 4.90 Å². The van der Waals surface area contributed by atoms with Crippen molar-refractivity contribution in [1.82, 2.24) is 10.2 Å². The van der Waals surface area contributed by atoms with Crippen molar-refractivity contribution < 1.29 is 4.79 Å². The van der Waals surface area contributed by atoms with E-state index in [-0.39, 0.29) is 5.91 Å². The van der Waals surface area contributed by atoms with Gasteiger partial charge in [0.25, 0.3) is 0 Å². The highest BCUT2D eigenvalue weighted by atomic mass is 16.2. The van der Waals surface area contributed by atoms with Gasteiger partial charge in [-0.2, -0.15) is 0 Å². The molecule has 0 aliphatic carbocycles. The Morgan fingerprint density at radius 1 is 1.58 bits per heavy atom. The van der Waals surface area contributed by atoms with Gasteiger partial charge < -0.3 is 10.2 Å². The van der Waals surface area contributed by atoms with Crippen LogP contribution in [0.1, 0.15) is 27.2 Å². The predicted molar refractivity (Wildman–Crippen MR) is 48.9 cm³/mol. The van der Waals surface area contributed by atoms with Gasteiger partial charge in [-0.15, -0.1) is 0 Å². The van der Waals surface area contributed by atoms with Crippen LogP contribution in [-0.2, 0) is 4.79 Å². The number of nitrogens with one attached hydrogen (secondary N) is 1. The Morgan fingerprint density at radius 3 is 2.58 bits per heavy atom. The Balaban J connectivity index is 2.58. The van der Waals surface area contributed by atoms with E-state index in [0.717, 1.165) is 19.5 Å². The first kappa shape index (κ1) is 9.52. The van der Waals surface area contributed by atoms with Crippen LogP contribution >= 0.6 is 0 Å². The lowest BCUT2D eigenvalue weighted by molar-refractivity contribution is -0.132. The van der Waals surface area contributed by atoms with E-state index in [1.54, 1.807) is 6.92 Å². The van der Waals surface area contributed by atoms with Crippen LogP contribution in [0.2, 0.25) is 0 Å². The number of hydrogen-bond acceptors (Lipinski definition) is 2. The largest absolute Gasteiger partial charge is 0.336 e. The maximum Gasteiger partial charge on any atom is 0.219 e. The molecule has 12 heavy (non-hydrogen) atoms. The van der Waals surface area contributed by atoms with E-state index in [4.69, 9.17) is 0 Å². The minimum absolute atomic E-state index is 0.193. The minimum atomic E-state index is 0.193. The molecule has 0 aromatic carbocycles. The van der Waals surface area contributed by atoms with Crippen LogP contribution in [0.15, 0.2) is 0 Å². The molecule has 1 fully saturated rings. The summed E-state index contributed by atoms with van der Waals surface area (Å²) >= 11 is 0. The average Bonchev–Trinajstić information content (AvgIpc) is 2.37. The molecule has 0 aromatic rings. The lowest BCUT2D eigenvalue weighted by Gasteiger charge is -2.31. The van der Waals surface area contributed by atoms with Gasteiger partial charge in [0.2, 0.25) is 5.91 Å². The summed E-state index contributed by atoms with van der Waals surface area (Å²) in [5.41, 5.74) is 0. The maximum absolute atomic E-state index is 11.3. The molecule has 3 heteroatoms. The second kappa shape index (κ2) is 3.90. The molecular weight excluding hydrogens is 152 g/mol. The van der Waals surface area contributed by atoms with Crippen LogP contribution < -0.4 is 5.32 Å². The molecule has 1 aliphatic rings. The van der Waals surface area contributed by atoms with E-state index in [0.29, 0.717) is 12.1 Å². The number of nitrogens with zero attached hydrogens (tertiary/aromatic N) is 1. The summed E-state index contributed by atoms with van der Waals surface area (Å²) in [5.74, 6) is 0.193. The highest BCUT2D eigenvalue weighted by molar-refractivity contribution is 5.74. The smallest absolute Gasteiger partial charge is 0.219 e. The van der Waals surface area contributed by atoms with E-state index in [9.17, 15) is 4.79 Å². The lowest BCUT2D eigenvalue weighted by atomic mass is 10.2. The number of rotatable bonds is 2. The van der Waals surface area contributed by atoms with Gasteiger partial charge in [0.15, 0.2) is 0 Å². The quantitative estimate of drug-likeness (QED) is 0.658. The summed E-state index contributed by atoms with van der Waals surface area (Å²) in [6.07, 6.45) is 1.10. The van der Waals surface area contributed by atoms with Crippen LogP contribution in [0.4, 0.5) is 0 Å². The highest BCUT2D eigenvalue weighted by Gasteiger charge is 2.25. The van der Waals surface area contributed by atoms with Crippen molar-refractivity contribution in [3.63, 3.8) is 0 Å². The topological polar surface area (TPSA) is 32.3 Å². The van der Waals surface area contributed by atoms with Crippen molar-refractivity contribution in [3.8, 4) is 0 Å². The SMILES string of the molecule is CC(=O)N(C(C)C)[C@H]1CCNC1. The van der Waals surface area contributed by atoms with Gasteiger partial charge >= 0.3 is 0 Å². The van der Waals surface area contributed by atoms with Gasteiger partial charge in [-0.25, -0.2) is 0 Å². The monoisotopic (exact) mass is 170 g/mol. The fourth-order valence-electron chi connectivity index (χ4n) is 1.92. The average molecular weight is 170 g/mol.